The van der Waals surface area contributed by atoms with E-state index < -0.39 is 5.91 Å². The van der Waals surface area contributed by atoms with Crippen LogP contribution in [-0.2, 0) is 4.79 Å². The van der Waals surface area contributed by atoms with Crippen LogP contribution in [0, 0.1) is 0 Å². The zero-order chi connectivity index (χ0) is 21.7. The van der Waals surface area contributed by atoms with Gasteiger partial charge in [0.25, 0.3) is 11.1 Å². The molecule has 8 nitrogen and oxygen atoms in total. The Morgan fingerprint density at radius 1 is 0.900 bits per heavy atom. The Labute approximate surface area is 178 Å². The van der Waals surface area contributed by atoms with Crippen LogP contribution >= 0.6 is 11.8 Å². The van der Waals surface area contributed by atoms with Crippen molar-refractivity contribution in [3.63, 3.8) is 0 Å². The first-order valence-corrected chi connectivity index (χ1v) is 9.75. The van der Waals surface area contributed by atoms with E-state index in [4.69, 9.17) is 18.9 Å². The number of thioether (sulfide) groups is 1. The molecule has 1 aliphatic rings. The van der Waals surface area contributed by atoms with Crippen molar-refractivity contribution >= 4 is 34.7 Å². The summed E-state index contributed by atoms with van der Waals surface area (Å²) in [5.74, 6) is 1.98. The smallest absolute Gasteiger partial charge is 0.295 e. The van der Waals surface area contributed by atoms with Crippen LogP contribution < -0.4 is 24.3 Å². The summed E-state index contributed by atoms with van der Waals surface area (Å²) in [5.41, 5.74) is 1.28. The minimum Gasteiger partial charge on any atom is -0.497 e. The highest BCUT2D eigenvalue weighted by Gasteiger charge is 2.35. The minimum absolute atomic E-state index is 0.00865. The van der Waals surface area contributed by atoms with Gasteiger partial charge in [-0.15, -0.1) is 0 Å². The van der Waals surface area contributed by atoms with Crippen LogP contribution in [0.3, 0.4) is 0 Å². The van der Waals surface area contributed by atoms with E-state index in [9.17, 15) is 9.59 Å². The lowest BCUT2D eigenvalue weighted by Crippen LogP contribution is -2.33. The second-order valence-electron chi connectivity index (χ2n) is 6.12. The summed E-state index contributed by atoms with van der Waals surface area (Å²) >= 11 is 0.874. The van der Waals surface area contributed by atoms with Crippen LogP contribution in [0.15, 0.2) is 41.3 Å². The standard InChI is InChI=1S/C21H22N2O6S/c1-26-14-7-8-17(28-3)16(10-14)22-12-23-20(24)19(30-21(23)25)9-13-5-6-15(27-2)11-18(13)29-4/h5-11,22H,12H2,1-4H3. The molecule has 1 N–H and O–H groups in total. The Morgan fingerprint density at radius 2 is 1.57 bits per heavy atom. The van der Waals surface area contributed by atoms with Crippen molar-refractivity contribution in [1.82, 2.24) is 4.90 Å². The molecule has 30 heavy (non-hydrogen) atoms. The molecule has 158 valence electrons. The number of amides is 2. The summed E-state index contributed by atoms with van der Waals surface area (Å²) in [6, 6.07) is 10.5. The molecule has 0 aromatic heterocycles. The van der Waals surface area contributed by atoms with Gasteiger partial charge in [0.15, 0.2) is 0 Å². The highest BCUT2D eigenvalue weighted by Crippen LogP contribution is 2.35. The fourth-order valence-electron chi connectivity index (χ4n) is 2.83. The van der Waals surface area contributed by atoms with Gasteiger partial charge < -0.3 is 24.3 Å². The predicted molar refractivity (Wildman–Crippen MR) is 115 cm³/mol. The zero-order valence-electron chi connectivity index (χ0n) is 17.1. The van der Waals surface area contributed by atoms with E-state index in [0.29, 0.717) is 39.2 Å². The maximum Gasteiger partial charge on any atom is 0.295 e. The number of nitrogens with one attached hydrogen (secondary N) is 1. The highest BCUT2D eigenvalue weighted by atomic mass is 32.2. The summed E-state index contributed by atoms with van der Waals surface area (Å²) in [4.78, 5) is 26.7. The molecule has 2 aromatic rings. The quantitative estimate of drug-likeness (QED) is 0.633. The van der Waals surface area contributed by atoms with Crippen LogP contribution in [0.4, 0.5) is 10.5 Å². The number of rotatable bonds is 8. The molecule has 0 spiro atoms. The van der Waals surface area contributed by atoms with Crippen molar-refractivity contribution in [2.45, 2.75) is 0 Å². The summed E-state index contributed by atoms with van der Waals surface area (Å²) in [6.07, 6.45) is 1.63. The third kappa shape index (κ3) is 4.46. The first-order chi connectivity index (χ1) is 14.5. The van der Waals surface area contributed by atoms with E-state index in [0.717, 1.165) is 16.7 Å². The van der Waals surface area contributed by atoms with Crippen molar-refractivity contribution in [2.75, 3.05) is 40.4 Å². The minimum atomic E-state index is -0.391. The Balaban J connectivity index is 1.78. The number of ether oxygens (including phenoxy) is 4. The van der Waals surface area contributed by atoms with Gasteiger partial charge in [-0.1, -0.05) is 0 Å². The number of carbonyl (C=O) groups is 2. The van der Waals surface area contributed by atoms with Crippen molar-refractivity contribution < 1.29 is 28.5 Å². The molecular formula is C21H22N2O6S. The number of anilines is 1. The number of carbonyl (C=O) groups excluding carboxylic acids is 2. The number of imide groups is 1. The predicted octanol–water partition coefficient (Wildman–Crippen LogP) is 3.83. The Hall–Kier alpha value is -3.33. The number of hydrogen-bond acceptors (Lipinski definition) is 8. The molecule has 0 radical (unpaired) electrons. The van der Waals surface area contributed by atoms with Gasteiger partial charge in [-0.25, -0.2) is 0 Å². The normalized spacial score (nSPS) is 14.8. The van der Waals surface area contributed by atoms with Gasteiger partial charge >= 0.3 is 0 Å². The SMILES string of the molecule is COc1ccc(OC)c(NCN2C(=O)SC(=Cc3ccc(OC)cc3OC)C2=O)c1. The van der Waals surface area contributed by atoms with Crippen LogP contribution in [0.25, 0.3) is 6.08 Å². The third-order valence-electron chi connectivity index (χ3n) is 4.44. The summed E-state index contributed by atoms with van der Waals surface area (Å²) < 4.78 is 21.1. The Kier molecular flexibility index (Phi) is 6.73. The molecule has 0 aliphatic carbocycles. The van der Waals surface area contributed by atoms with Crippen LogP contribution in [0.5, 0.6) is 23.0 Å². The lowest BCUT2D eigenvalue weighted by atomic mass is 10.1. The molecule has 0 unspecified atom stereocenters. The van der Waals surface area contributed by atoms with Gasteiger partial charge in [-0.2, -0.15) is 0 Å². The van der Waals surface area contributed by atoms with E-state index in [1.165, 1.54) is 14.2 Å². The summed E-state index contributed by atoms with van der Waals surface area (Å²) in [5, 5.41) is 2.69. The largest absolute Gasteiger partial charge is 0.497 e. The lowest BCUT2D eigenvalue weighted by Gasteiger charge is -2.17. The molecule has 2 aromatic carbocycles. The van der Waals surface area contributed by atoms with E-state index in [1.54, 1.807) is 56.7 Å². The van der Waals surface area contributed by atoms with Crippen molar-refractivity contribution in [3.05, 3.63) is 46.9 Å². The molecule has 9 heteroatoms. The van der Waals surface area contributed by atoms with Gasteiger partial charge in [-0.05, 0) is 42.1 Å². The molecule has 1 fully saturated rings. The molecule has 0 atom stereocenters. The highest BCUT2D eigenvalue weighted by molar-refractivity contribution is 8.18. The third-order valence-corrected chi connectivity index (χ3v) is 5.34. The summed E-state index contributed by atoms with van der Waals surface area (Å²) in [7, 11) is 6.19. The fraction of sp³-hybridized carbons (Fsp3) is 0.238. The number of nitrogens with zero attached hydrogens (tertiary/aromatic N) is 1. The van der Waals surface area contributed by atoms with E-state index in [1.807, 2.05) is 0 Å². The first-order valence-electron chi connectivity index (χ1n) is 8.94. The molecule has 2 amide bonds. The maximum atomic E-state index is 12.8. The average molecular weight is 430 g/mol. The number of hydrogen-bond donors (Lipinski definition) is 1. The van der Waals surface area contributed by atoms with Gasteiger partial charge in [0.1, 0.15) is 23.0 Å². The van der Waals surface area contributed by atoms with Gasteiger partial charge in [-0.3, -0.25) is 14.5 Å². The van der Waals surface area contributed by atoms with Crippen LogP contribution in [-0.4, -0.2) is 51.2 Å². The van der Waals surface area contributed by atoms with Gasteiger partial charge in [0, 0.05) is 17.7 Å². The van der Waals surface area contributed by atoms with E-state index in [-0.39, 0.29) is 11.9 Å². The lowest BCUT2D eigenvalue weighted by molar-refractivity contribution is -0.122. The topological polar surface area (TPSA) is 86.3 Å². The van der Waals surface area contributed by atoms with E-state index >= 15 is 0 Å². The Bertz CT molecular complexity index is 991. The average Bonchev–Trinajstić information content (AvgIpc) is 3.04. The molecule has 0 bridgehead atoms. The monoisotopic (exact) mass is 430 g/mol. The molecule has 3 rings (SSSR count). The van der Waals surface area contributed by atoms with Crippen molar-refractivity contribution in [1.29, 1.82) is 0 Å². The second-order valence-corrected chi connectivity index (χ2v) is 7.11. The van der Waals surface area contributed by atoms with Crippen molar-refractivity contribution in [2.24, 2.45) is 0 Å². The summed E-state index contributed by atoms with van der Waals surface area (Å²) in [6.45, 7) is -0.00865. The maximum absolute atomic E-state index is 12.8. The van der Waals surface area contributed by atoms with Crippen LogP contribution in [0.2, 0.25) is 0 Å². The van der Waals surface area contributed by atoms with Crippen LogP contribution in [0.1, 0.15) is 5.56 Å². The number of methoxy groups -OCH3 is 4. The molecular weight excluding hydrogens is 408 g/mol. The van der Waals surface area contributed by atoms with Gasteiger partial charge in [0.05, 0.1) is 45.7 Å². The fourth-order valence-corrected chi connectivity index (χ4v) is 3.66. The molecule has 1 saturated heterocycles. The molecule has 1 heterocycles. The Morgan fingerprint density at radius 3 is 2.23 bits per heavy atom. The van der Waals surface area contributed by atoms with Crippen molar-refractivity contribution in [3.8, 4) is 23.0 Å². The molecule has 0 saturated carbocycles. The number of benzene rings is 2. The second kappa shape index (κ2) is 9.45. The molecule has 1 aliphatic heterocycles. The van der Waals surface area contributed by atoms with Gasteiger partial charge in [0.2, 0.25) is 0 Å². The zero-order valence-corrected chi connectivity index (χ0v) is 17.9. The first kappa shape index (κ1) is 21.4. The van der Waals surface area contributed by atoms with E-state index in [2.05, 4.69) is 5.32 Å².